The Labute approximate surface area is 672 Å². The van der Waals surface area contributed by atoms with Crippen LogP contribution in [0.15, 0.2) is 217 Å². The Bertz CT molecular complexity index is 4370. The maximum absolute atomic E-state index is 13.6. The van der Waals surface area contributed by atoms with Crippen molar-refractivity contribution in [1.29, 1.82) is 5.26 Å². The van der Waals surface area contributed by atoms with Crippen LogP contribution in [0, 0.1) is 122 Å². The number of hydrazone groups is 4. The van der Waals surface area contributed by atoms with Crippen LogP contribution in [0.4, 0.5) is 49.1 Å². The number of halogens is 6. The van der Waals surface area contributed by atoms with E-state index >= 15 is 0 Å². The second-order valence-electron chi connectivity index (χ2n) is 20.2. The average molecular weight is 2160 g/mol. The molecule has 0 N–H and O–H groups in total. The fraction of sp³-hybridized carbons (Fsp3) is 0.0556. The third-order valence-electron chi connectivity index (χ3n) is 12.6. The van der Waals surface area contributed by atoms with E-state index in [2.05, 4.69) is 134 Å². The van der Waals surface area contributed by atoms with Crippen molar-refractivity contribution in [3.05, 3.63) is 312 Å². The van der Waals surface area contributed by atoms with E-state index in [-0.39, 0.29) is 115 Å². The molecule has 3 aromatic carbocycles. The van der Waals surface area contributed by atoms with Crippen molar-refractivity contribution in [3.63, 3.8) is 0 Å². The van der Waals surface area contributed by atoms with E-state index in [1.807, 2.05) is 98.7 Å². The molecular weight excluding hydrogens is 2110 g/mol. The number of nitrogens with zero attached hydrogens (tertiary/aromatic N) is 26. The zero-order chi connectivity index (χ0) is 73.3. The molecule has 12 aromatic rings. The quantitative estimate of drug-likeness (QED) is 0.0777. The molecular formula is C72H52F6Ir4N26. The third-order valence-corrected chi connectivity index (χ3v) is 12.6. The zero-order valence-corrected chi connectivity index (χ0v) is 65.9. The SMILES string of the molecule is CN1C=NN(c2[c-]ccnc2)[CH-]1.CN1C=NN(c2[c-]ccnc2)[CH-]1.CN1C=NN(c2[c-]ccnc2)[CH-]1.CN1C=NN(c2[c-]ccnc2)[CH-]1.Fc1c[c-]c(-c2ncccn2)c(F)c1.Fc1c[c-]c(-c2ncccn2)c(F)n1.N#Cc1c(F)c[c-]c(-c2ncccn2)c1F.[Ir+3].[Ir+3].[Ir+3].[Ir+3].[c-]1ccccc1-c1ncccn1. The Morgan fingerprint density at radius 2 is 0.741 bits per heavy atom. The van der Waals surface area contributed by atoms with E-state index in [1.54, 1.807) is 156 Å². The largest absolute Gasteiger partial charge is 3.00 e. The van der Waals surface area contributed by atoms with Crippen LogP contribution in [-0.2, 0) is 80.4 Å². The van der Waals surface area contributed by atoms with Gasteiger partial charge in [-0.05, 0) is 52.5 Å². The molecule has 0 saturated heterocycles. The molecule has 16 rings (SSSR count). The van der Waals surface area contributed by atoms with Gasteiger partial charge in [-0.3, -0.25) is 62.4 Å². The van der Waals surface area contributed by atoms with Crippen molar-refractivity contribution in [2.75, 3.05) is 48.2 Å². The Morgan fingerprint density at radius 1 is 0.380 bits per heavy atom. The van der Waals surface area contributed by atoms with Crippen molar-refractivity contribution in [3.8, 4) is 51.6 Å². The third kappa shape index (κ3) is 27.4. The first-order chi connectivity index (χ1) is 50.7. The Balaban J connectivity index is 0.000000220. The first-order valence-electron chi connectivity index (χ1n) is 30.0. The second kappa shape index (κ2) is 46.4. The van der Waals surface area contributed by atoms with Crippen LogP contribution in [0.25, 0.3) is 45.6 Å². The standard InChI is InChI=1S/C11H4F2N3.C10H5F2N2.C10H7N2.C9H4F2N3.4C8H8N4.4Ir/c12-9-3-2-7(10(13)8(9)6-14)11-15-4-1-5-16-11;11-7-2-3-8(9(12)6-7)10-13-4-1-5-14-10;1-2-5-9(6-3-1)10-11-7-4-8-12-10;10-7-3-2-6(8(11)14-7)9-12-4-1-5-13-9;4*1-11-6-10-12(7-11)8-3-2-4-9-5-8;;;;/h1,3-5H;1-2,4-6H;1-5,7-8H;1,3-5H;4*2,4-7H,1H3;;;;/q4*-1;4*-2;4*+3. The predicted octanol–water partition coefficient (Wildman–Crippen LogP) is 10.7. The predicted molar refractivity (Wildman–Crippen MR) is 372 cm³/mol. The number of anilines is 4. The van der Waals surface area contributed by atoms with Crippen LogP contribution in [0.3, 0.4) is 0 Å². The van der Waals surface area contributed by atoms with Gasteiger partial charge in [-0.2, -0.15) is 74.2 Å². The fourth-order valence-corrected chi connectivity index (χ4v) is 7.91. The van der Waals surface area contributed by atoms with Crippen LogP contribution in [0.1, 0.15) is 5.56 Å². The topological polar surface area (TPSA) is 267 Å². The van der Waals surface area contributed by atoms with Gasteiger partial charge in [0.25, 0.3) is 0 Å². The summed E-state index contributed by atoms with van der Waals surface area (Å²) in [6.45, 7) is 7.42. The summed E-state index contributed by atoms with van der Waals surface area (Å²) in [7, 11) is 7.67. The molecule has 36 heteroatoms. The van der Waals surface area contributed by atoms with Gasteiger partial charge in [-0.25, -0.2) is 8.78 Å². The minimum absolute atomic E-state index is 0. The number of hydrogen-bond donors (Lipinski definition) is 0. The number of pyridine rings is 5. The molecule has 4 aliphatic rings. The molecule has 0 bridgehead atoms. The summed E-state index contributed by atoms with van der Waals surface area (Å²) >= 11 is 0. The maximum atomic E-state index is 13.6. The summed E-state index contributed by atoms with van der Waals surface area (Å²) in [6.07, 6.45) is 32.7. The molecule has 0 fully saturated rings. The van der Waals surface area contributed by atoms with Crippen molar-refractivity contribution in [2.45, 2.75) is 0 Å². The zero-order valence-electron chi connectivity index (χ0n) is 56.3. The summed E-state index contributed by atoms with van der Waals surface area (Å²) in [6, 6.07) is 48.7. The van der Waals surface area contributed by atoms with E-state index in [0.717, 1.165) is 58.4 Å². The van der Waals surface area contributed by atoms with Gasteiger partial charge >= 0.3 is 80.4 Å². The average Bonchev–Trinajstić information content (AvgIpc) is 1.13. The van der Waals surface area contributed by atoms with Gasteiger partial charge in [-0.15, -0.1) is 92.9 Å². The molecule has 108 heavy (non-hydrogen) atoms. The molecule has 0 saturated carbocycles. The first kappa shape index (κ1) is 87.1. The summed E-state index contributed by atoms with van der Waals surface area (Å²) in [5, 5.41) is 31.8. The molecule has 26 nitrogen and oxygen atoms in total. The van der Waals surface area contributed by atoms with Gasteiger partial charge in [-0.1, -0.05) is 101 Å². The minimum atomic E-state index is -0.992. The number of benzene rings is 3. The first-order valence-corrected chi connectivity index (χ1v) is 30.0. The monoisotopic (exact) mass is 2170 g/mol. The van der Waals surface area contributed by atoms with Gasteiger partial charge in [0.2, 0.25) is 0 Å². The van der Waals surface area contributed by atoms with E-state index in [0.29, 0.717) is 0 Å². The fourth-order valence-electron chi connectivity index (χ4n) is 7.91. The van der Waals surface area contributed by atoms with E-state index < -0.39 is 40.7 Å². The molecule has 548 valence electrons. The molecule has 0 spiro atoms. The van der Waals surface area contributed by atoms with E-state index in [9.17, 15) is 26.3 Å². The van der Waals surface area contributed by atoms with Crippen molar-refractivity contribution >= 4 is 48.1 Å². The molecule has 4 aliphatic heterocycles. The summed E-state index contributed by atoms with van der Waals surface area (Å²) in [4.78, 5) is 57.4. The van der Waals surface area contributed by atoms with Crippen LogP contribution in [-0.4, -0.2) is 138 Å². The Hall–Kier alpha value is -11.5. The minimum Gasteiger partial charge on any atom is -0.493 e. The molecule has 0 aliphatic carbocycles. The van der Waals surface area contributed by atoms with Crippen LogP contribution < -0.4 is 20.0 Å². The molecule has 0 amide bonds. The Kier molecular flexibility index (Phi) is 37.5. The molecule has 13 heterocycles. The van der Waals surface area contributed by atoms with E-state index in [1.165, 1.54) is 43.3 Å². The van der Waals surface area contributed by atoms with Gasteiger partial charge in [0.05, 0.1) is 66.4 Å². The van der Waals surface area contributed by atoms with Gasteiger partial charge in [0, 0.05) is 66.8 Å². The van der Waals surface area contributed by atoms with Gasteiger partial charge in [0.15, 0.2) is 0 Å². The molecule has 9 aromatic heterocycles. The van der Waals surface area contributed by atoms with Crippen molar-refractivity contribution in [2.24, 2.45) is 20.4 Å². The number of hydrogen-bond acceptors (Lipinski definition) is 26. The van der Waals surface area contributed by atoms with E-state index in [4.69, 9.17) is 5.26 Å². The summed E-state index contributed by atoms with van der Waals surface area (Å²) < 4.78 is 77.9. The van der Waals surface area contributed by atoms with Crippen LogP contribution in [0.2, 0.25) is 0 Å². The normalized spacial score (nSPS) is 12.2. The molecule has 0 unspecified atom stereocenters. The molecule has 0 radical (unpaired) electrons. The van der Waals surface area contributed by atoms with Gasteiger partial charge < -0.3 is 59.6 Å². The van der Waals surface area contributed by atoms with Crippen LogP contribution >= 0.6 is 0 Å². The number of nitriles is 1. The smallest absolute Gasteiger partial charge is 0.493 e. The summed E-state index contributed by atoms with van der Waals surface area (Å²) in [5.41, 5.74) is 3.59. The van der Waals surface area contributed by atoms with Crippen molar-refractivity contribution < 1.29 is 107 Å². The van der Waals surface area contributed by atoms with Crippen molar-refractivity contribution in [1.82, 2.24) is 84.4 Å². The van der Waals surface area contributed by atoms with Crippen LogP contribution in [0.5, 0.6) is 0 Å². The Morgan fingerprint density at radius 3 is 1.06 bits per heavy atom. The van der Waals surface area contributed by atoms with Gasteiger partial charge in [0.1, 0.15) is 11.9 Å². The maximum Gasteiger partial charge on any atom is 3.00 e. The number of rotatable bonds is 8. The molecule has 0 atom stereocenters. The number of aromatic nitrogens is 13. The summed E-state index contributed by atoms with van der Waals surface area (Å²) in [5.74, 6) is -4.07. The second-order valence-corrected chi connectivity index (χ2v) is 20.2.